The lowest BCUT2D eigenvalue weighted by atomic mass is 10.2. The van der Waals surface area contributed by atoms with E-state index in [9.17, 15) is 13.2 Å². The van der Waals surface area contributed by atoms with Crippen LogP contribution in [0.15, 0.2) is 0 Å². The van der Waals surface area contributed by atoms with Gasteiger partial charge in [0.25, 0.3) is 0 Å². The molecular weight excluding hydrogens is 194 g/mol. The molecule has 13 heavy (non-hydrogen) atoms. The van der Waals surface area contributed by atoms with E-state index in [1.807, 2.05) is 0 Å². The van der Waals surface area contributed by atoms with Crippen molar-refractivity contribution in [3.63, 3.8) is 0 Å². The molecule has 5 nitrogen and oxygen atoms in total. The van der Waals surface area contributed by atoms with Gasteiger partial charge in [-0.05, 0) is 5.92 Å². The molecule has 0 aliphatic heterocycles. The summed E-state index contributed by atoms with van der Waals surface area (Å²) in [5.74, 6) is -1.07. The van der Waals surface area contributed by atoms with E-state index < -0.39 is 21.5 Å². The zero-order valence-corrected chi connectivity index (χ0v) is 8.60. The third kappa shape index (κ3) is 7.73. The van der Waals surface area contributed by atoms with Crippen LogP contribution >= 0.6 is 0 Å². The summed E-state index contributed by atoms with van der Waals surface area (Å²) in [4.78, 5) is 10.9. The zero-order valence-electron chi connectivity index (χ0n) is 7.78. The lowest BCUT2D eigenvalue weighted by molar-refractivity contribution is -0.118. The Labute approximate surface area is 78.1 Å². The van der Waals surface area contributed by atoms with Gasteiger partial charge in [-0.25, -0.2) is 8.42 Å². The molecule has 0 rings (SSSR count). The molecule has 78 valence electrons. The maximum atomic E-state index is 10.9. The molecule has 0 saturated heterocycles. The number of aliphatic hydroxyl groups is 1. The van der Waals surface area contributed by atoms with Gasteiger partial charge in [-0.2, -0.15) is 0 Å². The van der Waals surface area contributed by atoms with E-state index >= 15 is 0 Å². The van der Waals surface area contributed by atoms with E-state index in [1.165, 1.54) is 0 Å². The van der Waals surface area contributed by atoms with Crippen LogP contribution in [-0.4, -0.2) is 44.6 Å². The Hall–Kier alpha value is -0.620. The van der Waals surface area contributed by atoms with Crippen LogP contribution in [0.1, 0.15) is 6.92 Å². The Morgan fingerprint density at radius 3 is 2.46 bits per heavy atom. The predicted molar refractivity (Wildman–Crippen MR) is 49.0 cm³/mol. The first-order valence-electron chi connectivity index (χ1n) is 3.90. The Bertz CT molecular complexity index is 260. The van der Waals surface area contributed by atoms with Crippen LogP contribution in [0.4, 0.5) is 0 Å². The largest absolute Gasteiger partial charge is 0.396 e. The average molecular weight is 209 g/mol. The molecule has 0 aliphatic rings. The quantitative estimate of drug-likeness (QED) is 0.594. The number of hydrogen-bond donors (Lipinski definition) is 2. The molecule has 0 bridgehead atoms. The highest BCUT2D eigenvalue weighted by molar-refractivity contribution is 7.91. The summed E-state index contributed by atoms with van der Waals surface area (Å²) >= 11 is 0. The third-order valence-corrected chi connectivity index (χ3v) is 2.14. The van der Waals surface area contributed by atoms with Crippen molar-refractivity contribution in [2.24, 2.45) is 5.92 Å². The first-order valence-corrected chi connectivity index (χ1v) is 5.96. The molecule has 0 radical (unpaired) electrons. The summed E-state index contributed by atoms with van der Waals surface area (Å²) in [5.41, 5.74) is 0. The molecule has 0 aromatic rings. The molecule has 0 heterocycles. The number of hydrogen-bond acceptors (Lipinski definition) is 4. The minimum atomic E-state index is -3.25. The number of sulfone groups is 1. The summed E-state index contributed by atoms with van der Waals surface area (Å²) in [7, 11) is -3.25. The Kier molecular flexibility index (Phi) is 4.94. The monoisotopic (exact) mass is 209 g/mol. The van der Waals surface area contributed by atoms with Crippen molar-refractivity contribution in [1.82, 2.24) is 5.32 Å². The first-order chi connectivity index (χ1) is 5.85. The van der Waals surface area contributed by atoms with Gasteiger partial charge in [0.1, 0.15) is 5.75 Å². The number of rotatable bonds is 5. The molecule has 0 aliphatic carbocycles. The smallest absolute Gasteiger partial charge is 0.235 e. The molecular formula is C7H15NO4S. The van der Waals surface area contributed by atoms with Crippen LogP contribution < -0.4 is 5.32 Å². The van der Waals surface area contributed by atoms with Crippen molar-refractivity contribution < 1.29 is 18.3 Å². The van der Waals surface area contributed by atoms with E-state index in [0.29, 0.717) is 6.54 Å². The zero-order chi connectivity index (χ0) is 10.5. The summed E-state index contributed by atoms with van der Waals surface area (Å²) in [6.07, 6.45) is 1.00. The van der Waals surface area contributed by atoms with Gasteiger partial charge in [-0.15, -0.1) is 0 Å². The standard InChI is InChI=1S/C7H15NO4S/c1-6(4-9)3-8-7(10)5-13(2,11)12/h6,9H,3-5H2,1-2H3,(H,8,10). The minimum absolute atomic E-state index is 0.0286. The number of carbonyl (C=O) groups is 1. The second-order valence-electron chi connectivity index (χ2n) is 3.16. The van der Waals surface area contributed by atoms with Gasteiger partial charge in [0, 0.05) is 19.4 Å². The SMILES string of the molecule is CC(CO)CNC(=O)CS(C)(=O)=O. The van der Waals surface area contributed by atoms with E-state index in [1.54, 1.807) is 6.92 Å². The molecule has 2 N–H and O–H groups in total. The van der Waals surface area contributed by atoms with Gasteiger partial charge in [0.05, 0.1) is 0 Å². The van der Waals surface area contributed by atoms with E-state index in [0.717, 1.165) is 6.26 Å². The molecule has 0 aromatic carbocycles. The van der Waals surface area contributed by atoms with Crippen LogP contribution in [0.3, 0.4) is 0 Å². The van der Waals surface area contributed by atoms with Crippen molar-refractivity contribution in [1.29, 1.82) is 0 Å². The molecule has 0 spiro atoms. The lowest BCUT2D eigenvalue weighted by Crippen LogP contribution is -2.33. The van der Waals surface area contributed by atoms with Crippen LogP contribution in [0, 0.1) is 5.92 Å². The van der Waals surface area contributed by atoms with Crippen molar-refractivity contribution in [3.8, 4) is 0 Å². The summed E-state index contributed by atoms with van der Waals surface area (Å²) < 4.78 is 21.3. The predicted octanol–water partition coefficient (Wildman–Crippen LogP) is -1.22. The fraction of sp³-hybridized carbons (Fsp3) is 0.857. The van der Waals surface area contributed by atoms with Crippen molar-refractivity contribution in [2.75, 3.05) is 25.2 Å². The number of amides is 1. The normalized spacial score (nSPS) is 13.8. The summed E-state index contributed by atoms with van der Waals surface area (Å²) in [6.45, 7) is 2.02. The van der Waals surface area contributed by atoms with Gasteiger partial charge < -0.3 is 10.4 Å². The van der Waals surface area contributed by atoms with Crippen molar-refractivity contribution >= 4 is 15.7 Å². The van der Waals surface area contributed by atoms with Gasteiger partial charge in [-0.3, -0.25) is 4.79 Å². The lowest BCUT2D eigenvalue weighted by Gasteiger charge is -2.08. The van der Waals surface area contributed by atoms with Crippen LogP contribution in [0.5, 0.6) is 0 Å². The van der Waals surface area contributed by atoms with Gasteiger partial charge >= 0.3 is 0 Å². The first kappa shape index (κ1) is 12.4. The molecule has 6 heteroatoms. The highest BCUT2D eigenvalue weighted by Gasteiger charge is 2.10. The third-order valence-electron chi connectivity index (χ3n) is 1.35. The van der Waals surface area contributed by atoms with Crippen molar-refractivity contribution in [2.45, 2.75) is 6.92 Å². The molecule has 0 saturated carbocycles. The Morgan fingerprint density at radius 2 is 2.08 bits per heavy atom. The van der Waals surface area contributed by atoms with Crippen LogP contribution in [0.2, 0.25) is 0 Å². The second kappa shape index (κ2) is 5.18. The topological polar surface area (TPSA) is 83.5 Å². The maximum absolute atomic E-state index is 10.9. The van der Waals surface area contributed by atoms with E-state index in [2.05, 4.69) is 5.32 Å². The molecule has 1 unspecified atom stereocenters. The Morgan fingerprint density at radius 1 is 1.54 bits per heavy atom. The van der Waals surface area contributed by atoms with Gasteiger partial charge in [0.2, 0.25) is 5.91 Å². The Balaban J connectivity index is 3.77. The van der Waals surface area contributed by atoms with Gasteiger partial charge in [-0.1, -0.05) is 6.92 Å². The van der Waals surface area contributed by atoms with Crippen LogP contribution in [0.25, 0.3) is 0 Å². The molecule has 0 fully saturated rings. The molecule has 1 atom stereocenters. The molecule has 0 aromatic heterocycles. The average Bonchev–Trinajstić information content (AvgIpc) is 1.97. The second-order valence-corrected chi connectivity index (χ2v) is 5.30. The molecule has 1 amide bonds. The highest BCUT2D eigenvalue weighted by Crippen LogP contribution is 1.89. The highest BCUT2D eigenvalue weighted by atomic mass is 32.2. The van der Waals surface area contributed by atoms with E-state index in [4.69, 9.17) is 5.11 Å². The number of carbonyl (C=O) groups excluding carboxylic acids is 1. The fourth-order valence-electron chi connectivity index (χ4n) is 0.642. The maximum Gasteiger partial charge on any atom is 0.235 e. The fourth-order valence-corrected chi connectivity index (χ4v) is 1.22. The number of aliphatic hydroxyl groups excluding tert-OH is 1. The number of nitrogens with one attached hydrogen (secondary N) is 1. The van der Waals surface area contributed by atoms with Crippen molar-refractivity contribution in [3.05, 3.63) is 0 Å². The minimum Gasteiger partial charge on any atom is -0.396 e. The summed E-state index contributed by atoms with van der Waals surface area (Å²) in [5, 5.41) is 11.0. The van der Waals surface area contributed by atoms with Crippen LogP contribution in [-0.2, 0) is 14.6 Å². The van der Waals surface area contributed by atoms with E-state index in [-0.39, 0.29) is 12.5 Å². The summed E-state index contributed by atoms with van der Waals surface area (Å²) in [6, 6.07) is 0. The van der Waals surface area contributed by atoms with Gasteiger partial charge in [0.15, 0.2) is 9.84 Å².